The van der Waals surface area contributed by atoms with Gasteiger partial charge in [0.2, 0.25) is 0 Å². The van der Waals surface area contributed by atoms with E-state index in [1.165, 1.54) is 20.3 Å². The highest BCUT2D eigenvalue weighted by atomic mass is 32.2. The number of carbonyl (C=O) groups excluding carboxylic acids is 2. The molecule has 0 spiro atoms. The molecule has 7 nitrogen and oxygen atoms in total. The van der Waals surface area contributed by atoms with Gasteiger partial charge in [0.05, 0.1) is 6.10 Å². The Labute approximate surface area is 139 Å². The topological polar surface area (TPSA) is 77.4 Å². The Morgan fingerprint density at radius 1 is 1.35 bits per heavy atom. The Morgan fingerprint density at radius 2 is 2.09 bits per heavy atom. The normalized spacial score (nSPS) is 35.9. The maximum absolute atomic E-state index is 11.5. The maximum Gasteiger partial charge on any atom is 0.302 e. The van der Waals surface area contributed by atoms with Gasteiger partial charge in [-0.15, -0.1) is 0 Å². The standard InChI is InChI=1S/C15H22N2O5S/c1-8-11(7-20-9(2)18)22-14-12(13(8)21-10(3)19)16-15(23-14)17-5-4-6-17/h8,11-14H,4-7H2,1-3H3/t8-,11+,12+,13-,14+/m0/s1. The van der Waals surface area contributed by atoms with Gasteiger partial charge in [-0.3, -0.25) is 14.6 Å². The average Bonchev–Trinajstić information content (AvgIpc) is 2.80. The quantitative estimate of drug-likeness (QED) is 0.709. The van der Waals surface area contributed by atoms with Crippen LogP contribution in [-0.4, -0.2) is 65.4 Å². The predicted octanol–water partition coefficient (Wildman–Crippen LogP) is 1.02. The van der Waals surface area contributed by atoms with Crippen LogP contribution in [0.5, 0.6) is 0 Å². The Kier molecular flexibility index (Phi) is 4.82. The number of hydrogen-bond donors (Lipinski definition) is 0. The number of nitrogens with zero attached hydrogens (tertiary/aromatic N) is 2. The first kappa shape index (κ1) is 16.6. The second-order valence-electron chi connectivity index (χ2n) is 6.14. The highest BCUT2D eigenvalue weighted by Crippen LogP contribution is 2.41. The lowest BCUT2D eigenvalue weighted by atomic mass is 9.90. The van der Waals surface area contributed by atoms with Crippen LogP contribution in [0.15, 0.2) is 4.99 Å². The van der Waals surface area contributed by atoms with Gasteiger partial charge in [-0.1, -0.05) is 18.7 Å². The molecule has 3 heterocycles. The summed E-state index contributed by atoms with van der Waals surface area (Å²) >= 11 is 1.57. The van der Waals surface area contributed by atoms with Gasteiger partial charge in [0.15, 0.2) is 5.17 Å². The molecule has 0 bridgehead atoms. The highest BCUT2D eigenvalue weighted by molar-refractivity contribution is 8.14. The summed E-state index contributed by atoms with van der Waals surface area (Å²) in [6.45, 7) is 6.90. The van der Waals surface area contributed by atoms with Gasteiger partial charge >= 0.3 is 11.9 Å². The molecular weight excluding hydrogens is 320 g/mol. The van der Waals surface area contributed by atoms with Crippen LogP contribution in [0.2, 0.25) is 0 Å². The van der Waals surface area contributed by atoms with Gasteiger partial charge < -0.3 is 19.1 Å². The molecule has 23 heavy (non-hydrogen) atoms. The van der Waals surface area contributed by atoms with Crippen LogP contribution in [-0.2, 0) is 23.8 Å². The first-order valence-corrected chi connectivity index (χ1v) is 8.79. The van der Waals surface area contributed by atoms with E-state index >= 15 is 0 Å². The number of ether oxygens (including phenoxy) is 3. The molecule has 5 atom stereocenters. The molecule has 0 aromatic heterocycles. The van der Waals surface area contributed by atoms with Crippen molar-refractivity contribution in [1.82, 2.24) is 4.90 Å². The van der Waals surface area contributed by atoms with E-state index in [1.807, 2.05) is 6.92 Å². The third kappa shape index (κ3) is 3.47. The number of fused-ring (bicyclic) bond motifs is 1. The van der Waals surface area contributed by atoms with E-state index in [2.05, 4.69) is 4.90 Å². The first-order chi connectivity index (χ1) is 11.0. The van der Waals surface area contributed by atoms with Gasteiger partial charge in [-0.05, 0) is 6.42 Å². The van der Waals surface area contributed by atoms with Gasteiger partial charge in [0.25, 0.3) is 0 Å². The summed E-state index contributed by atoms with van der Waals surface area (Å²) in [5, 5.41) is 0.962. The molecule has 0 N–H and O–H groups in total. The van der Waals surface area contributed by atoms with Crippen molar-refractivity contribution in [2.45, 2.75) is 50.9 Å². The minimum absolute atomic E-state index is 0.0976. The number of carbonyl (C=O) groups is 2. The van der Waals surface area contributed by atoms with Crippen molar-refractivity contribution in [3.8, 4) is 0 Å². The van der Waals surface area contributed by atoms with E-state index in [0.717, 1.165) is 18.3 Å². The number of hydrogen-bond acceptors (Lipinski definition) is 8. The van der Waals surface area contributed by atoms with Crippen molar-refractivity contribution in [1.29, 1.82) is 0 Å². The summed E-state index contributed by atoms with van der Waals surface area (Å²) in [7, 11) is 0. The predicted molar refractivity (Wildman–Crippen MR) is 85.0 cm³/mol. The number of likely N-dealkylation sites (tertiary alicyclic amines) is 1. The fraction of sp³-hybridized carbons (Fsp3) is 0.800. The number of esters is 2. The zero-order valence-electron chi connectivity index (χ0n) is 13.6. The van der Waals surface area contributed by atoms with Crippen LogP contribution >= 0.6 is 11.8 Å². The maximum atomic E-state index is 11.5. The molecule has 3 aliphatic rings. The summed E-state index contributed by atoms with van der Waals surface area (Å²) in [5.74, 6) is -0.769. The van der Waals surface area contributed by atoms with Crippen LogP contribution in [0.3, 0.4) is 0 Å². The number of amidine groups is 1. The van der Waals surface area contributed by atoms with E-state index in [-0.39, 0.29) is 48.1 Å². The van der Waals surface area contributed by atoms with E-state index in [4.69, 9.17) is 19.2 Å². The van der Waals surface area contributed by atoms with Gasteiger partial charge in [0.1, 0.15) is 24.2 Å². The van der Waals surface area contributed by atoms with Crippen molar-refractivity contribution < 1.29 is 23.8 Å². The van der Waals surface area contributed by atoms with Crippen LogP contribution in [0.25, 0.3) is 0 Å². The smallest absolute Gasteiger partial charge is 0.302 e. The fourth-order valence-corrected chi connectivity index (χ4v) is 4.25. The highest BCUT2D eigenvalue weighted by Gasteiger charge is 2.50. The molecule has 2 fully saturated rings. The Hall–Kier alpha value is -1.28. The van der Waals surface area contributed by atoms with Crippen molar-refractivity contribution in [2.24, 2.45) is 10.9 Å². The lowest BCUT2D eigenvalue weighted by molar-refractivity contribution is -0.176. The second kappa shape index (κ2) is 6.68. The van der Waals surface area contributed by atoms with Gasteiger partial charge in [0, 0.05) is 32.9 Å². The second-order valence-corrected chi connectivity index (χ2v) is 7.20. The molecule has 2 saturated heterocycles. The molecule has 0 amide bonds. The zero-order chi connectivity index (χ0) is 16.6. The average molecular weight is 342 g/mol. The lowest BCUT2D eigenvalue weighted by Gasteiger charge is -2.40. The minimum atomic E-state index is -0.363. The SMILES string of the molecule is CC(=O)OC[C@H]1O[C@@H]2SC(N3CCC3)=N[C@@H]2[C@@H](OC(C)=O)[C@H]1C. The molecule has 3 rings (SSSR count). The molecule has 0 aromatic rings. The molecular formula is C15H22N2O5S. The summed E-state index contributed by atoms with van der Waals surface area (Å²) in [6, 6.07) is -0.205. The van der Waals surface area contributed by atoms with Crippen LogP contribution < -0.4 is 0 Å². The fourth-order valence-electron chi connectivity index (χ4n) is 2.97. The van der Waals surface area contributed by atoms with Gasteiger partial charge in [-0.2, -0.15) is 0 Å². The van der Waals surface area contributed by atoms with E-state index in [1.54, 1.807) is 11.8 Å². The summed E-state index contributed by atoms with van der Waals surface area (Å²) in [6.07, 6.45) is 0.510. The third-order valence-corrected chi connectivity index (χ3v) is 5.59. The van der Waals surface area contributed by atoms with Crippen LogP contribution in [0.1, 0.15) is 27.2 Å². The lowest BCUT2D eigenvalue weighted by Crippen LogP contribution is -2.53. The molecule has 0 saturated carbocycles. The monoisotopic (exact) mass is 342 g/mol. The van der Waals surface area contributed by atoms with Crippen LogP contribution in [0.4, 0.5) is 0 Å². The Balaban J connectivity index is 1.74. The van der Waals surface area contributed by atoms with Crippen molar-refractivity contribution >= 4 is 28.9 Å². The van der Waals surface area contributed by atoms with Crippen molar-refractivity contribution in [2.75, 3.05) is 19.7 Å². The molecule has 0 aliphatic carbocycles. The molecule has 3 aliphatic heterocycles. The Morgan fingerprint density at radius 3 is 2.65 bits per heavy atom. The largest absolute Gasteiger partial charge is 0.463 e. The molecule has 128 valence electrons. The molecule has 0 radical (unpaired) electrons. The summed E-state index contributed by atoms with van der Waals surface area (Å²) in [5.41, 5.74) is -0.202. The van der Waals surface area contributed by atoms with Crippen LogP contribution in [0, 0.1) is 5.92 Å². The molecule has 8 heteroatoms. The first-order valence-electron chi connectivity index (χ1n) is 7.91. The summed E-state index contributed by atoms with van der Waals surface area (Å²) < 4.78 is 16.7. The zero-order valence-corrected chi connectivity index (χ0v) is 14.4. The van der Waals surface area contributed by atoms with Crippen molar-refractivity contribution in [3.05, 3.63) is 0 Å². The molecule has 0 unspecified atom stereocenters. The van der Waals surface area contributed by atoms with E-state index in [0.29, 0.717) is 0 Å². The minimum Gasteiger partial charge on any atom is -0.463 e. The van der Waals surface area contributed by atoms with E-state index in [9.17, 15) is 9.59 Å². The number of rotatable bonds is 3. The molecule has 0 aromatic carbocycles. The van der Waals surface area contributed by atoms with Crippen molar-refractivity contribution in [3.63, 3.8) is 0 Å². The number of aliphatic imine (C=N–C) groups is 1. The van der Waals surface area contributed by atoms with E-state index < -0.39 is 0 Å². The Bertz CT molecular complexity index is 522. The number of thioether (sulfide) groups is 1. The third-order valence-electron chi connectivity index (χ3n) is 4.39. The summed E-state index contributed by atoms with van der Waals surface area (Å²) in [4.78, 5) is 29.5. The van der Waals surface area contributed by atoms with Gasteiger partial charge in [-0.25, -0.2) is 0 Å².